The van der Waals surface area contributed by atoms with Crippen molar-refractivity contribution in [2.45, 2.75) is 39.4 Å². The van der Waals surface area contributed by atoms with E-state index in [0.29, 0.717) is 12.0 Å². The maximum atomic E-state index is 4.23. The van der Waals surface area contributed by atoms with Gasteiger partial charge in [-0.05, 0) is 39.5 Å². The van der Waals surface area contributed by atoms with Crippen LogP contribution in [0.2, 0.25) is 0 Å². The van der Waals surface area contributed by atoms with E-state index in [1.165, 1.54) is 19.5 Å². The van der Waals surface area contributed by atoms with Crippen LogP contribution >= 0.6 is 0 Å². The molecule has 0 bridgehead atoms. The van der Waals surface area contributed by atoms with Crippen LogP contribution in [0.4, 0.5) is 0 Å². The average molecular weight is 294 g/mol. The molecule has 6 heteroatoms. The molecule has 1 atom stereocenters. The van der Waals surface area contributed by atoms with Crippen molar-refractivity contribution < 1.29 is 0 Å². The zero-order valence-electron chi connectivity index (χ0n) is 13.9. The molecule has 1 aromatic heterocycles. The van der Waals surface area contributed by atoms with E-state index in [2.05, 4.69) is 59.6 Å². The summed E-state index contributed by atoms with van der Waals surface area (Å²) in [5.74, 6) is 0.667. The van der Waals surface area contributed by atoms with E-state index in [-0.39, 0.29) is 0 Å². The van der Waals surface area contributed by atoms with Crippen molar-refractivity contribution in [3.63, 3.8) is 0 Å². The van der Waals surface area contributed by atoms with Crippen molar-refractivity contribution >= 4 is 0 Å². The number of hydrogen-bond donors (Lipinski definition) is 1. The van der Waals surface area contributed by atoms with Crippen LogP contribution in [0.15, 0.2) is 6.20 Å². The monoisotopic (exact) mass is 294 g/mol. The molecule has 1 aromatic rings. The Morgan fingerprint density at radius 1 is 1.38 bits per heavy atom. The molecule has 120 valence electrons. The standard InChI is InChI=1S/C15H30N6/c1-13(2)9-16-10-14-11-21(18-17-14)8-7-20-6-5-15(12-20)19(3)4/h11,13,15-16H,5-10,12H2,1-4H3. The van der Waals surface area contributed by atoms with Gasteiger partial charge in [-0.2, -0.15) is 0 Å². The van der Waals surface area contributed by atoms with Gasteiger partial charge in [-0.25, -0.2) is 0 Å². The molecule has 1 saturated heterocycles. The summed E-state index contributed by atoms with van der Waals surface area (Å²) in [7, 11) is 4.34. The lowest BCUT2D eigenvalue weighted by molar-refractivity contribution is 0.260. The van der Waals surface area contributed by atoms with Crippen LogP contribution in [-0.2, 0) is 13.1 Å². The first kappa shape index (κ1) is 16.4. The third kappa shape index (κ3) is 5.37. The van der Waals surface area contributed by atoms with Gasteiger partial charge in [0.15, 0.2) is 0 Å². The summed E-state index contributed by atoms with van der Waals surface area (Å²) in [6.45, 7) is 10.6. The minimum Gasteiger partial charge on any atom is -0.311 e. The highest BCUT2D eigenvalue weighted by molar-refractivity contribution is 4.91. The molecule has 0 aromatic carbocycles. The maximum Gasteiger partial charge on any atom is 0.0964 e. The molecule has 1 unspecified atom stereocenters. The van der Waals surface area contributed by atoms with Gasteiger partial charge in [0.05, 0.1) is 12.2 Å². The summed E-state index contributed by atoms with van der Waals surface area (Å²) < 4.78 is 1.97. The lowest BCUT2D eigenvalue weighted by Crippen LogP contribution is -2.32. The van der Waals surface area contributed by atoms with Gasteiger partial charge in [0, 0.05) is 31.9 Å². The molecule has 6 nitrogen and oxygen atoms in total. The highest BCUT2D eigenvalue weighted by Crippen LogP contribution is 2.12. The van der Waals surface area contributed by atoms with Crippen LogP contribution in [0.3, 0.4) is 0 Å². The molecule has 1 aliphatic rings. The smallest absolute Gasteiger partial charge is 0.0964 e. The second-order valence-electron chi connectivity index (χ2n) is 6.70. The second kappa shape index (κ2) is 7.87. The Bertz CT molecular complexity index is 414. The minimum absolute atomic E-state index is 0.667. The molecule has 0 spiro atoms. The zero-order valence-corrected chi connectivity index (χ0v) is 13.9. The maximum absolute atomic E-state index is 4.23. The zero-order chi connectivity index (χ0) is 15.2. The Morgan fingerprint density at radius 3 is 2.86 bits per heavy atom. The quantitative estimate of drug-likeness (QED) is 0.763. The molecular weight excluding hydrogens is 264 g/mol. The average Bonchev–Trinajstić information content (AvgIpc) is 3.04. The lowest BCUT2D eigenvalue weighted by Gasteiger charge is -2.20. The Morgan fingerprint density at radius 2 is 2.19 bits per heavy atom. The van der Waals surface area contributed by atoms with E-state index < -0.39 is 0 Å². The molecule has 0 radical (unpaired) electrons. The summed E-state index contributed by atoms with van der Waals surface area (Å²) in [6, 6.07) is 0.705. The third-order valence-corrected chi connectivity index (χ3v) is 4.07. The van der Waals surface area contributed by atoms with E-state index >= 15 is 0 Å². The highest BCUT2D eigenvalue weighted by atomic mass is 15.4. The normalized spacial score (nSPS) is 20.0. The van der Waals surface area contributed by atoms with Gasteiger partial charge in [-0.1, -0.05) is 19.1 Å². The topological polar surface area (TPSA) is 49.2 Å². The van der Waals surface area contributed by atoms with Crippen LogP contribution in [-0.4, -0.2) is 71.1 Å². The van der Waals surface area contributed by atoms with Gasteiger partial charge >= 0.3 is 0 Å². The van der Waals surface area contributed by atoms with E-state index in [9.17, 15) is 0 Å². The predicted octanol–water partition coefficient (Wildman–Crippen LogP) is 0.660. The number of likely N-dealkylation sites (N-methyl/N-ethyl adjacent to an activating group) is 1. The molecular formula is C15H30N6. The van der Waals surface area contributed by atoms with E-state index in [1.54, 1.807) is 0 Å². The first-order valence-electron chi connectivity index (χ1n) is 8.03. The second-order valence-corrected chi connectivity index (χ2v) is 6.70. The molecule has 0 aliphatic carbocycles. The van der Waals surface area contributed by atoms with Crippen molar-refractivity contribution in [2.75, 3.05) is 40.3 Å². The van der Waals surface area contributed by atoms with Gasteiger partial charge in [0.2, 0.25) is 0 Å². The van der Waals surface area contributed by atoms with E-state index in [0.717, 1.165) is 31.9 Å². The largest absolute Gasteiger partial charge is 0.311 e. The van der Waals surface area contributed by atoms with Crippen LogP contribution in [0.1, 0.15) is 26.0 Å². The Balaban J connectivity index is 1.68. The molecule has 0 amide bonds. The first-order chi connectivity index (χ1) is 10.0. The molecule has 2 rings (SSSR count). The summed E-state index contributed by atoms with van der Waals surface area (Å²) in [5.41, 5.74) is 1.03. The minimum atomic E-state index is 0.667. The number of nitrogens with one attached hydrogen (secondary N) is 1. The molecule has 1 N–H and O–H groups in total. The van der Waals surface area contributed by atoms with Crippen molar-refractivity contribution in [2.24, 2.45) is 5.92 Å². The SMILES string of the molecule is CC(C)CNCc1cn(CCN2CCC(N(C)C)C2)nn1. The molecule has 1 aliphatic heterocycles. The summed E-state index contributed by atoms with van der Waals surface area (Å²) >= 11 is 0. The van der Waals surface area contributed by atoms with Gasteiger partial charge in [0.25, 0.3) is 0 Å². The van der Waals surface area contributed by atoms with Crippen LogP contribution < -0.4 is 5.32 Å². The first-order valence-corrected chi connectivity index (χ1v) is 8.03. The fourth-order valence-electron chi connectivity index (χ4n) is 2.70. The van der Waals surface area contributed by atoms with Crippen molar-refractivity contribution in [1.82, 2.24) is 30.1 Å². The Kier molecular flexibility index (Phi) is 6.14. The van der Waals surface area contributed by atoms with Crippen molar-refractivity contribution in [3.05, 3.63) is 11.9 Å². The van der Waals surface area contributed by atoms with Gasteiger partial charge < -0.3 is 10.2 Å². The summed E-state index contributed by atoms with van der Waals surface area (Å²) in [5, 5.41) is 11.8. The fourth-order valence-corrected chi connectivity index (χ4v) is 2.70. The third-order valence-electron chi connectivity index (χ3n) is 4.07. The number of likely N-dealkylation sites (tertiary alicyclic amines) is 1. The fraction of sp³-hybridized carbons (Fsp3) is 0.867. The number of rotatable bonds is 8. The lowest BCUT2D eigenvalue weighted by atomic mass is 10.2. The van der Waals surface area contributed by atoms with Crippen molar-refractivity contribution in [1.29, 1.82) is 0 Å². The number of aromatic nitrogens is 3. The Labute approximate surface area is 128 Å². The number of hydrogen-bond acceptors (Lipinski definition) is 5. The summed E-state index contributed by atoms with van der Waals surface area (Å²) in [6.07, 6.45) is 3.33. The summed E-state index contributed by atoms with van der Waals surface area (Å²) in [4.78, 5) is 4.84. The van der Waals surface area contributed by atoms with Crippen LogP contribution in [0, 0.1) is 5.92 Å². The van der Waals surface area contributed by atoms with Crippen LogP contribution in [0.25, 0.3) is 0 Å². The Hall–Kier alpha value is -0.980. The highest BCUT2D eigenvalue weighted by Gasteiger charge is 2.23. The molecule has 1 fully saturated rings. The molecule has 2 heterocycles. The van der Waals surface area contributed by atoms with Crippen molar-refractivity contribution in [3.8, 4) is 0 Å². The number of nitrogens with zero attached hydrogens (tertiary/aromatic N) is 5. The van der Waals surface area contributed by atoms with Crippen LogP contribution in [0.5, 0.6) is 0 Å². The molecule has 21 heavy (non-hydrogen) atoms. The van der Waals surface area contributed by atoms with Gasteiger partial charge in [-0.15, -0.1) is 5.10 Å². The molecule has 0 saturated carbocycles. The predicted molar refractivity (Wildman–Crippen MR) is 85.1 cm³/mol. The van der Waals surface area contributed by atoms with Gasteiger partial charge in [-0.3, -0.25) is 9.58 Å². The van der Waals surface area contributed by atoms with E-state index in [1.807, 2.05) is 4.68 Å². The van der Waals surface area contributed by atoms with Gasteiger partial charge in [0.1, 0.15) is 0 Å². The van der Waals surface area contributed by atoms with E-state index in [4.69, 9.17) is 0 Å².